The Kier molecular flexibility index (Phi) is 8.43. The number of hydrogen-bond donors (Lipinski definition) is 1. The molecule has 2 atom stereocenters. The van der Waals surface area contributed by atoms with E-state index < -0.39 is 30.1 Å². The highest BCUT2D eigenvalue weighted by atomic mass is 32.2. The monoisotopic (exact) mass is 444 g/mol. The highest BCUT2D eigenvalue weighted by Gasteiger charge is 2.30. The van der Waals surface area contributed by atoms with Crippen LogP contribution in [0.25, 0.3) is 0 Å². The van der Waals surface area contributed by atoms with Crippen LogP contribution >= 0.6 is 11.8 Å². The Morgan fingerprint density at radius 1 is 1.17 bits per heavy atom. The maximum absolute atomic E-state index is 12.5. The normalized spacial score (nSPS) is 13.4. The van der Waals surface area contributed by atoms with Crippen molar-refractivity contribution in [1.82, 2.24) is 0 Å². The Morgan fingerprint density at radius 2 is 1.83 bits per heavy atom. The fourth-order valence-corrected chi connectivity index (χ4v) is 3.36. The van der Waals surface area contributed by atoms with Crippen molar-refractivity contribution in [3.63, 3.8) is 0 Å². The third-order valence-corrected chi connectivity index (χ3v) is 4.98. The van der Waals surface area contributed by atoms with Crippen molar-refractivity contribution in [2.24, 2.45) is 0 Å². The number of halogens is 3. The zero-order chi connectivity index (χ0) is 22.3. The molecule has 0 aliphatic rings. The van der Waals surface area contributed by atoms with Crippen molar-refractivity contribution in [3.8, 4) is 11.5 Å². The van der Waals surface area contributed by atoms with E-state index in [1.807, 2.05) is 19.1 Å². The molecule has 0 fully saturated rings. The number of carbonyl (C=O) groups excluding carboxylic acids is 1. The van der Waals surface area contributed by atoms with Crippen molar-refractivity contribution < 1.29 is 37.3 Å². The van der Waals surface area contributed by atoms with Gasteiger partial charge in [-0.15, -0.1) is 11.8 Å². The molecule has 164 valence electrons. The number of aryl methyl sites for hydroxylation is 1. The molecule has 0 spiro atoms. The molecule has 2 unspecified atom stereocenters. The van der Waals surface area contributed by atoms with Gasteiger partial charge in [-0.25, -0.2) is 0 Å². The van der Waals surface area contributed by atoms with E-state index in [9.17, 15) is 23.1 Å². The van der Waals surface area contributed by atoms with Gasteiger partial charge in [0.05, 0.1) is 11.7 Å². The van der Waals surface area contributed by atoms with Crippen molar-refractivity contribution >= 4 is 17.7 Å². The average Bonchev–Trinajstić information content (AvgIpc) is 2.65. The van der Waals surface area contributed by atoms with E-state index in [-0.39, 0.29) is 12.4 Å². The van der Waals surface area contributed by atoms with E-state index in [1.165, 1.54) is 30.8 Å². The predicted octanol–water partition coefficient (Wildman–Crippen LogP) is 4.83. The first-order chi connectivity index (χ1) is 14.0. The van der Waals surface area contributed by atoms with Crippen LogP contribution in [0, 0.1) is 6.92 Å². The summed E-state index contributed by atoms with van der Waals surface area (Å²) in [5.41, 5.74) is 0.0884. The number of carbonyl (C=O) groups is 1. The van der Waals surface area contributed by atoms with Gasteiger partial charge < -0.3 is 19.3 Å². The van der Waals surface area contributed by atoms with Crippen molar-refractivity contribution in [1.29, 1.82) is 0 Å². The lowest BCUT2D eigenvalue weighted by molar-refractivity contribution is -0.158. The first kappa shape index (κ1) is 23.9. The lowest BCUT2D eigenvalue weighted by atomic mass is 10.2. The van der Waals surface area contributed by atoms with E-state index in [1.54, 1.807) is 13.0 Å². The van der Waals surface area contributed by atoms with Crippen molar-refractivity contribution in [2.75, 3.05) is 12.4 Å². The number of hydrogen-bond acceptors (Lipinski definition) is 6. The minimum atomic E-state index is -4.40. The zero-order valence-corrected chi connectivity index (χ0v) is 17.5. The Labute approximate surface area is 177 Å². The molecule has 9 heteroatoms. The van der Waals surface area contributed by atoms with Crippen LogP contribution in [0.4, 0.5) is 13.2 Å². The number of ether oxygens (including phenoxy) is 3. The molecule has 2 rings (SSSR count). The third-order valence-electron chi connectivity index (χ3n) is 3.84. The summed E-state index contributed by atoms with van der Waals surface area (Å²) in [5, 5.41) is 10.1. The fraction of sp³-hybridized carbons (Fsp3) is 0.381. The van der Waals surface area contributed by atoms with Crippen LogP contribution in [0.2, 0.25) is 0 Å². The summed E-state index contributed by atoms with van der Waals surface area (Å²) in [6.45, 7) is 4.73. The van der Waals surface area contributed by atoms with Gasteiger partial charge in [-0.1, -0.05) is 0 Å². The summed E-state index contributed by atoms with van der Waals surface area (Å²) in [4.78, 5) is 11.8. The van der Waals surface area contributed by atoms with E-state index in [4.69, 9.17) is 14.2 Å². The summed E-state index contributed by atoms with van der Waals surface area (Å²) in [6.07, 6.45) is -5.91. The second kappa shape index (κ2) is 10.6. The summed E-state index contributed by atoms with van der Waals surface area (Å²) < 4.78 is 53.5. The molecule has 2 aromatic carbocycles. The van der Waals surface area contributed by atoms with Crippen LogP contribution in [0.15, 0.2) is 47.4 Å². The molecular weight excluding hydrogens is 421 g/mol. The summed E-state index contributed by atoms with van der Waals surface area (Å²) in [7, 11) is 0. The van der Waals surface area contributed by atoms with Crippen LogP contribution in [-0.4, -0.2) is 35.8 Å². The van der Waals surface area contributed by atoms with Crippen LogP contribution in [-0.2, 0) is 15.7 Å². The van der Waals surface area contributed by atoms with Gasteiger partial charge in [0.25, 0.3) is 0 Å². The zero-order valence-electron chi connectivity index (χ0n) is 16.7. The first-order valence-electron chi connectivity index (χ1n) is 9.10. The van der Waals surface area contributed by atoms with Crippen LogP contribution in [0.1, 0.15) is 25.0 Å². The Morgan fingerprint density at radius 3 is 2.40 bits per heavy atom. The quantitative estimate of drug-likeness (QED) is 0.339. The van der Waals surface area contributed by atoms with E-state index in [2.05, 4.69) is 0 Å². The lowest BCUT2D eigenvalue weighted by Crippen LogP contribution is -2.20. The lowest BCUT2D eigenvalue weighted by Gasteiger charge is -2.17. The maximum atomic E-state index is 12.5. The molecule has 0 saturated carbocycles. The highest BCUT2D eigenvalue weighted by Crippen LogP contribution is 2.30. The minimum absolute atomic E-state index is 0.0432. The molecule has 0 bridgehead atoms. The van der Waals surface area contributed by atoms with Crippen molar-refractivity contribution in [2.45, 2.75) is 44.2 Å². The molecule has 0 aromatic heterocycles. The second-order valence-corrected chi connectivity index (χ2v) is 7.61. The Bertz CT molecular complexity index is 840. The first-order valence-corrected chi connectivity index (χ1v) is 10.1. The largest absolute Gasteiger partial charge is 0.491 e. The molecular formula is C21H23F3O5S. The second-order valence-electron chi connectivity index (χ2n) is 6.52. The van der Waals surface area contributed by atoms with E-state index in [0.717, 1.165) is 22.6 Å². The minimum Gasteiger partial charge on any atom is -0.491 e. The Hall–Kier alpha value is -2.39. The SMILES string of the molecule is CC(=O)OC(C)Oc1ccc(SCC(O)COc2ccc(C(F)(F)F)cc2)cc1C. The molecule has 0 heterocycles. The summed E-state index contributed by atoms with van der Waals surface area (Å²) in [6, 6.07) is 9.77. The number of esters is 1. The maximum Gasteiger partial charge on any atom is 0.416 e. The fourth-order valence-electron chi connectivity index (χ4n) is 2.45. The van der Waals surface area contributed by atoms with Gasteiger partial charge >= 0.3 is 12.1 Å². The van der Waals surface area contributed by atoms with Crippen LogP contribution in [0.3, 0.4) is 0 Å². The number of benzene rings is 2. The molecule has 2 aromatic rings. The van der Waals surface area contributed by atoms with Gasteiger partial charge in [-0.05, 0) is 55.0 Å². The highest BCUT2D eigenvalue weighted by molar-refractivity contribution is 7.99. The van der Waals surface area contributed by atoms with Crippen LogP contribution in [0.5, 0.6) is 11.5 Å². The molecule has 0 amide bonds. The van der Waals surface area contributed by atoms with Crippen LogP contribution < -0.4 is 9.47 Å². The number of aliphatic hydroxyl groups excluding tert-OH is 1. The molecule has 5 nitrogen and oxygen atoms in total. The number of thioether (sulfide) groups is 1. The molecule has 0 saturated heterocycles. The van der Waals surface area contributed by atoms with Gasteiger partial charge in [0.1, 0.15) is 18.1 Å². The average molecular weight is 444 g/mol. The Balaban J connectivity index is 1.81. The third kappa shape index (κ3) is 7.79. The van der Waals surface area contributed by atoms with Gasteiger partial charge in [0.2, 0.25) is 6.29 Å². The molecule has 0 aliphatic carbocycles. The standard InChI is InChI=1S/C21H23F3O5S/c1-13-10-19(8-9-20(13)29-15(3)28-14(2)25)30-12-17(26)11-27-18-6-4-16(5-7-18)21(22,23)24/h4-10,15,17,26H,11-12H2,1-3H3. The molecule has 1 N–H and O–H groups in total. The summed E-state index contributed by atoms with van der Waals surface area (Å²) >= 11 is 1.40. The van der Waals surface area contributed by atoms with Gasteiger partial charge in [0, 0.05) is 24.5 Å². The molecule has 0 aliphatic heterocycles. The summed E-state index contributed by atoms with van der Waals surface area (Å²) in [5.74, 6) is 0.745. The van der Waals surface area contributed by atoms with Crippen molar-refractivity contribution in [3.05, 3.63) is 53.6 Å². The predicted molar refractivity (Wildman–Crippen MR) is 107 cm³/mol. The number of alkyl halides is 3. The molecule has 30 heavy (non-hydrogen) atoms. The topological polar surface area (TPSA) is 65.0 Å². The van der Waals surface area contributed by atoms with Gasteiger partial charge in [0.15, 0.2) is 0 Å². The van der Waals surface area contributed by atoms with E-state index in [0.29, 0.717) is 11.5 Å². The number of rotatable bonds is 9. The van der Waals surface area contributed by atoms with E-state index >= 15 is 0 Å². The smallest absolute Gasteiger partial charge is 0.416 e. The van der Waals surface area contributed by atoms with Gasteiger partial charge in [-0.3, -0.25) is 4.79 Å². The van der Waals surface area contributed by atoms with Gasteiger partial charge in [-0.2, -0.15) is 13.2 Å². The number of aliphatic hydroxyl groups is 1. The molecule has 0 radical (unpaired) electrons.